The van der Waals surface area contributed by atoms with E-state index in [1.54, 1.807) is 12.1 Å². The monoisotopic (exact) mass is 434 g/mol. The second kappa shape index (κ2) is 8.85. The van der Waals surface area contributed by atoms with Crippen molar-refractivity contribution in [1.29, 1.82) is 0 Å². The highest BCUT2D eigenvalue weighted by Crippen LogP contribution is 2.31. The van der Waals surface area contributed by atoms with Crippen LogP contribution in [0.2, 0.25) is 0 Å². The molecule has 2 saturated heterocycles. The van der Waals surface area contributed by atoms with Crippen LogP contribution in [0.5, 0.6) is 0 Å². The Labute approximate surface area is 180 Å². The maximum absolute atomic E-state index is 13.5. The lowest BCUT2D eigenvalue weighted by atomic mass is 10.1. The molecule has 30 heavy (non-hydrogen) atoms. The molecule has 1 saturated carbocycles. The van der Waals surface area contributed by atoms with Gasteiger partial charge in [0, 0.05) is 65.6 Å². The molecule has 4 rings (SSSR count). The van der Waals surface area contributed by atoms with Crippen LogP contribution in [-0.2, 0) is 10.0 Å². The van der Waals surface area contributed by atoms with E-state index in [1.165, 1.54) is 37.7 Å². The van der Waals surface area contributed by atoms with Gasteiger partial charge in [-0.05, 0) is 56.2 Å². The molecule has 3 aliphatic rings. The Hall–Kier alpha value is -1.64. The van der Waals surface area contributed by atoms with Crippen LogP contribution in [0.1, 0.15) is 42.5 Å². The second-order valence-electron chi connectivity index (χ2n) is 9.05. The highest BCUT2D eigenvalue weighted by atomic mass is 32.2. The Kier molecular flexibility index (Phi) is 6.36. The van der Waals surface area contributed by atoms with Gasteiger partial charge in [-0.25, -0.2) is 12.7 Å². The lowest BCUT2D eigenvalue weighted by Gasteiger charge is -2.36. The molecule has 0 atom stereocenters. The molecule has 0 N–H and O–H groups in total. The molecule has 0 unspecified atom stereocenters. The van der Waals surface area contributed by atoms with Crippen LogP contribution in [0.4, 0.5) is 5.69 Å². The maximum atomic E-state index is 13.5. The number of rotatable bonds is 6. The summed E-state index contributed by atoms with van der Waals surface area (Å²) in [5, 5.41) is 0. The number of nitrogens with zero attached hydrogens (tertiary/aromatic N) is 4. The van der Waals surface area contributed by atoms with E-state index in [4.69, 9.17) is 0 Å². The Balaban J connectivity index is 1.59. The number of carbonyl (C=O) groups is 1. The summed E-state index contributed by atoms with van der Waals surface area (Å²) >= 11 is 0. The van der Waals surface area contributed by atoms with E-state index in [1.807, 2.05) is 11.0 Å². The number of anilines is 1. The predicted molar refractivity (Wildman–Crippen MR) is 118 cm³/mol. The van der Waals surface area contributed by atoms with Gasteiger partial charge < -0.3 is 9.80 Å². The second-order valence-corrected chi connectivity index (χ2v) is 11.2. The van der Waals surface area contributed by atoms with E-state index in [9.17, 15) is 13.2 Å². The lowest BCUT2D eigenvalue weighted by molar-refractivity contribution is 0.0632. The smallest absolute Gasteiger partial charge is 0.256 e. The van der Waals surface area contributed by atoms with Gasteiger partial charge in [0.15, 0.2) is 0 Å². The summed E-state index contributed by atoms with van der Waals surface area (Å²) in [5.74, 6) is 0.809. The molecule has 1 amide bonds. The summed E-state index contributed by atoms with van der Waals surface area (Å²) in [5.41, 5.74) is 1.40. The van der Waals surface area contributed by atoms with E-state index < -0.39 is 10.0 Å². The normalized spacial score (nSPS) is 21.3. The number of benzene rings is 1. The number of hydrogen-bond donors (Lipinski definition) is 0. The zero-order valence-electron chi connectivity index (χ0n) is 18.2. The molecule has 7 nitrogen and oxygen atoms in total. The zero-order chi connectivity index (χ0) is 21.3. The topological polar surface area (TPSA) is 64.2 Å². The van der Waals surface area contributed by atoms with Crippen LogP contribution in [0, 0.1) is 5.92 Å². The summed E-state index contributed by atoms with van der Waals surface area (Å²) in [7, 11) is -0.546. The summed E-state index contributed by atoms with van der Waals surface area (Å²) in [4.78, 5) is 20.3. The molecule has 0 spiro atoms. The minimum atomic E-state index is -3.59. The van der Waals surface area contributed by atoms with Crippen molar-refractivity contribution in [3.8, 4) is 0 Å². The predicted octanol–water partition coefficient (Wildman–Crippen LogP) is 2.10. The summed E-state index contributed by atoms with van der Waals surface area (Å²) in [6.07, 6.45) is 6.09. The molecular weight excluding hydrogens is 400 g/mol. The highest BCUT2D eigenvalue weighted by molar-refractivity contribution is 7.89. The largest absolute Gasteiger partial charge is 0.371 e. The van der Waals surface area contributed by atoms with Crippen molar-refractivity contribution < 1.29 is 13.2 Å². The average molecular weight is 435 g/mol. The summed E-state index contributed by atoms with van der Waals surface area (Å²) in [6, 6.07) is 5.07. The Morgan fingerprint density at radius 1 is 1.00 bits per heavy atom. The first-order valence-corrected chi connectivity index (χ1v) is 12.6. The molecule has 2 heterocycles. The number of piperazine rings is 1. The van der Waals surface area contributed by atoms with Crippen LogP contribution in [-0.4, -0.2) is 88.3 Å². The lowest BCUT2D eigenvalue weighted by Crippen LogP contribution is -2.49. The van der Waals surface area contributed by atoms with Gasteiger partial charge in [0.05, 0.1) is 10.5 Å². The van der Waals surface area contributed by atoms with Crippen LogP contribution in [0.15, 0.2) is 23.1 Å². The van der Waals surface area contributed by atoms with Crippen LogP contribution < -0.4 is 4.90 Å². The first-order valence-electron chi connectivity index (χ1n) is 11.2. The standard InChI is InChI=1S/C22H34N4O3S/c1-23(2)30(28,29)19-8-9-21(25-10-4-3-5-11-25)20(16-19)22(27)26-14-12-24(13-15-26)17-18-6-7-18/h8-9,16,18H,3-7,10-15,17H2,1-2H3. The van der Waals surface area contributed by atoms with Gasteiger partial charge in [-0.2, -0.15) is 0 Å². The fourth-order valence-corrected chi connectivity index (χ4v) is 5.37. The average Bonchev–Trinajstić information content (AvgIpc) is 3.58. The highest BCUT2D eigenvalue weighted by Gasteiger charge is 2.30. The van der Waals surface area contributed by atoms with E-state index in [0.29, 0.717) is 18.7 Å². The number of hydrogen-bond acceptors (Lipinski definition) is 5. The van der Waals surface area contributed by atoms with Gasteiger partial charge in [0.1, 0.15) is 0 Å². The molecule has 1 aromatic rings. The number of sulfonamides is 1. The molecule has 0 bridgehead atoms. The molecule has 0 aromatic heterocycles. The van der Waals surface area contributed by atoms with Gasteiger partial charge in [-0.1, -0.05) is 0 Å². The molecule has 166 valence electrons. The zero-order valence-corrected chi connectivity index (χ0v) is 19.0. The summed E-state index contributed by atoms with van der Waals surface area (Å²) in [6.45, 7) is 6.18. The number of piperidine rings is 1. The third-order valence-corrected chi connectivity index (χ3v) is 8.36. The van der Waals surface area contributed by atoms with Crippen molar-refractivity contribution in [1.82, 2.24) is 14.1 Å². The third kappa shape index (κ3) is 4.65. The van der Waals surface area contributed by atoms with E-state index in [2.05, 4.69) is 9.80 Å². The molecule has 1 aromatic carbocycles. The Morgan fingerprint density at radius 2 is 1.67 bits per heavy atom. The Morgan fingerprint density at radius 3 is 2.27 bits per heavy atom. The quantitative estimate of drug-likeness (QED) is 0.686. The molecule has 0 radical (unpaired) electrons. The van der Waals surface area contributed by atoms with Gasteiger partial charge in [-0.3, -0.25) is 9.69 Å². The van der Waals surface area contributed by atoms with E-state index in [0.717, 1.165) is 57.2 Å². The third-order valence-electron chi connectivity index (χ3n) is 6.55. The minimum Gasteiger partial charge on any atom is -0.371 e. The van der Waals surface area contributed by atoms with Crippen molar-refractivity contribution in [2.75, 3.05) is 64.8 Å². The van der Waals surface area contributed by atoms with Crippen molar-refractivity contribution in [2.24, 2.45) is 5.92 Å². The van der Waals surface area contributed by atoms with E-state index in [-0.39, 0.29) is 10.8 Å². The maximum Gasteiger partial charge on any atom is 0.256 e. The number of carbonyl (C=O) groups excluding carboxylic acids is 1. The first kappa shape index (κ1) is 21.6. The van der Waals surface area contributed by atoms with E-state index >= 15 is 0 Å². The summed E-state index contributed by atoms with van der Waals surface area (Å²) < 4.78 is 26.6. The SMILES string of the molecule is CN(C)S(=O)(=O)c1ccc(N2CCCCC2)c(C(=O)N2CCN(CC3CC3)CC2)c1. The molecule has 8 heteroatoms. The van der Waals surface area contributed by atoms with Crippen LogP contribution in [0.25, 0.3) is 0 Å². The molecule has 3 fully saturated rings. The fraction of sp³-hybridized carbons (Fsp3) is 0.682. The molecule has 1 aliphatic carbocycles. The van der Waals surface area contributed by atoms with Crippen LogP contribution in [0.3, 0.4) is 0 Å². The van der Waals surface area contributed by atoms with Gasteiger partial charge in [0.25, 0.3) is 5.91 Å². The van der Waals surface area contributed by atoms with Gasteiger partial charge in [-0.15, -0.1) is 0 Å². The fourth-order valence-electron chi connectivity index (χ4n) is 4.44. The van der Waals surface area contributed by atoms with Gasteiger partial charge in [0.2, 0.25) is 10.0 Å². The van der Waals surface area contributed by atoms with Crippen molar-refractivity contribution in [2.45, 2.75) is 37.0 Å². The Bertz CT molecular complexity index is 868. The number of amides is 1. The van der Waals surface area contributed by atoms with Crippen molar-refractivity contribution in [3.05, 3.63) is 23.8 Å². The minimum absolute atomic E-state index is 0.0440. The molecule has 2 aliphatic heterocycles. The van der Waals surface area contributed by atoms with Crippen molar-refractivity contribution >= 4 is 21.6 Å². The van der Waals surface area contributed by atoms with Crippen molar-refractivity contribution in [3.63, 3.8) is 0 Å². The first-order chi connectivity index (χ1) is 14.4. The van der Waals surface area contributed by atoms with Crippen LogP contribution >= 0.6 is 0 Å². The molecular formula is C22H34N4O3S. The van der Waals surface area contributed by atoms with Gasteiger partial charge >= 0.3 is 0 Å².